The molecule has 1 fully saturated rings. The first-order chi connectivity index (χ1) is 10.3. The summed E-state index contributed by atoms with van der Waals surface area (Å²) in [6.45, 7) is 4.38. The first kappa shape index (κ1) is 14.7. The Balaban J connectivity index is 1.79. The molecule has 1 atom stereocenters. The maximum absolute atomic E-state index is 11.3. The Labute approximate surface area is 129 Å². The summed E-state index contributed by atoms with van der Waals surface area (Å²) in [7, 11) is 0. The molecule has 2 aromatic rings. The summed E-state index contributed by atoms with van der Waals surface area (Å²) in [5, 5.41) is 13.4. The van der Waals surface area contributed by atoms with Crippen LogP contribution >= 0.6 is 11.3 Å². The molecule has 0 amide bonds. The van der Waals surface area contributed by atoms with E-state index in [2.05, 4.69) is 4.90 Å². The second-order valence-electron chi connectivity index (χ2n) is 5.41. The van der Waals surface area contributed by atoms with Crippen molar-refractivity contribution in [3.05, 3.63) is 58.3 Å². The highest BCUT2D eigenvalue weighted by atomic mass is 32.1. The molecule has 0 aliphatic carbocycles. The molecular weight excluding hydrogens is 282 g/mol. The molecule has 1 N–H and O–H groups in total. The van der Waals surface area contributed by atoms with Crippen molar-refractivity contribution >= 4 is 11.3 Å². The summed E-state index contributed by atoms with van der Waals surface area (Å²) < 4.78 is 5.39. The number of hydrogen-bond donors (Lipinski definition) is 1. The van der Waals surface area contributed by atoms with Crippen LogP contribution in [-0.2, 0) is 10.3 Å². The SMILES string of the molecule is OC(CCN1CCOCC1)(c1ccccc1)c1cccs1. The molecule has 1 aromatic carbocycles. The van der Waals surface area contributed by atoms with Gasteiger partial charge in [0.25, 0.3) is 0 Å². The molecule has 1 aliphatic heterocycles. The number of hydrogen-bond acceptors (Lipinski definition) is 4. The topological polar surface area (TPSA) is 32.7 Å². The van der Waals surface area contributed by atoms with Gasteiger partial charge >= 0.3 is 0 Å². The van der Waals surface area contributed by atoms with Crippen LogP contribution < -0.4 is 0 Å². The van der Waals surface area contributed by atoms with Crippen LogP contribution in [0.3, 0.4) is 0 Å². The Morgan fingerprint density at radius 1 is 1.10 bits per heavy atom. The molecule has 112 valence electrons. The quantitative estimate of drug-likeness (QED) is 0.922. The van der Waals surface area contributed by atoms with Crippen LogP contribution in [0.15, 0.2) is 47.8 Å². The molecular formula is C17H21NO2S. The van der Waals surface area contributed by atoms with E-state index >= 15 is 0 Å². The highest BCUT2D eigenvalue weighted by Gasteiger charge is 2.32. The van der Waals surface area contributed by atoms with Crippen molar-refractivity contribution in [1.82, 2.24) is 4.90 Å². The predicted molar refractivity (Wildman–Crippen MR) is 85.6 cm³/mol. The van der Waals surface area contributed by atoms with Crippen molar-refractivity contribution < 1.29 is 9.84 Å². The molecule has 3 nitrogen and oxygen atoms in total. The second-order valence-corrected chi connectivity index (χ2v) is 6.36. The Morgan fingerprint density at radius 3 is 2.52 bits per heavy atom. The van der Waals surface area contributed by atoms with Gasteiger partial charge in [-0.15, -0.1) is 11.3 Å². The molecule has 0 radical (unpaired) electrons. The first-order valence-corrected chi connectivity index (χ1v) is 8.29. The van der Waals surface area contributed by atoms with Gasteiger partial charge in [0.15, 0.2) is 0 Å². The van der Waals surface area contributed by atoms with E-state index < -0.39 is 5.60 Å². The molecule has 0 saturated carbocycles. The number of morpholine rings is 1. The van der Waals surface area contributed by atoms with E-state index in [-0.39, 0.29) is 0 Å². The lowest BCUT2D eigenvalue weighted by Gasteiger charge is -2.32. The van der Waals surface area contributed by atoms with E-state index in [1.54, 1.807) is 11.3 Å². The monoisotopic (exact) mass is 303 g/mol. The van der Waals surface area contributed by atoms with E-state index in [0.29, 0.717) is 6.42 Å². The van der Waals surface area contributed by atoms with Crippen LogP contribution in [0, 0.1) is 0 Å². The van der Waals surface area contributed by atoms with Gasteiger partial charge in [-0.3, -0.25) is 4.90 Å². The molecule has 1 aromatic heterocycles. The minimum absolute atomic E-state index is 0.706. The lowest BCUT2D eigenvalue weighted by atomic mass is 9.88. The zero-order chi connectivity index (χ0) is 14.5. The van der Waals surface area contributed by atoms with Crippen molar-refractivity contribution in [2.45, 2.75) is 12.0 Å². The van der Waals surface area contributed by atoms with E-state index in [1.165, 1.54) is 0 Å². The van der Waals surface area contributed by atoms with Gasteiger partial charge in [0.05, 0.1) is 13.2 Å². The Kier molecular flexibility index (Phi) is 4.70. The molecule has 21 heavy (non-hydrogen) atoms. The largest absolute Gasteiger partial charge is 0.379 e. The third-order valence-corrected chi connectivity index (χ3v) is 5.09. The van der Waals surface area contributed by atoms with Crippen molar-refractivity contribution in [2.75, 3.05) is 32.8 Å². The van der Waals surface area contributed by atoms with Crippen LogP contribution in [0.1, 0.15) is 16.9 Å². The maximum atomic E-state index is 11.3. The third kappa shape index (κ3) is 3.35. The van der Waals surface area contributed by atoms with Crippen molar-refractivity contribution in [3.63, 3.8) is 0 Å². The summed E-state index contributed by atoms with van der Waals surface area (Å²) in [5.74, 6) is 0. The van der Waals surface area contributed by atoms with Gasteiger partial charge in [0.2, 0.25) is 0 Å². The summed E-state index contributed by atoms with van der Waals surface area (Å²) in [4.78, 5) is 3.38. The fourth-order valence-corrected chi connectivity index (χ4v) is 3.66. The van der Waals surface area contributed by atoms with E-state index in [0.717, 1.165) is 43.3 Å². The minimum Gasteiger partial charge on any atom is -0.379 e. The molecule has 1 aliphatic rings. The van der Waals surface area contributed by atoms with Gasteiger partial charge in [0.1, 0.15) is 5.60 Å². The number of nitrogens with zero attached hydrogens (tertiary/aromatic N) is 1. The van der Waals surface area contributed by atoms with Crippen molar-refractivity contribution in [1.29, 1.82) is 0 Å². The van der Waals surface area contributed by atoms with Crippen LogP contribution in [0.4, 0.5) is 0 Å². The molecule has 3 rings (SSSR count). The highest BCUT2D eigenvalue weighted by Crippen LogP contribution is 2.35. The summed E-state index contributed by atoms with van der Waals surface area (Å²) >= 11 is 1.62. The lowest BCUT2D eigenvalue weighted by molar-refractivity contribution is 0.0154. The fourth-order valence-electron chi connectivity index (χ4n) is 2.78. The van der Waals surface area contributed by atoms with Gasteiger partial charge in [-0.1, -0.05) is 36.4 Å². The normalized spacial score (nSPS) is 19.3. The Hall–Kier alpha value is -1.20. The van der Waals surface area contributed by atoms with Gasteiger partial charge < -0.3 is 9.84 Å². The smallest absolute Gasteiger partial charge is 0.125 e. The minimum atomic E-state index is -0.895. The fraction of sp³-hybridized carbons (Fsp3) is 0.412. The van der Waals surface area contributed by atoms with Crippen molar-refractivity contribution in [3.8, 4) is 0 Å². The molecule has 0 spiro atoms. The van der Waals surface area contributed by atoms with Crippen LogP contribution in [0.25, 0.3) is 0 Å². The standard InChI is InChI=1S/C17H21NO2S/c19-17(16-7-4-14-21-16,15-5-2-1-3-6-15)8-9-18-10-12-20-13-11-18/h1-7,14,19H,8-13H2. The number of benzene rings is 1. The van der Waals surface area contributed by atoms with Crippen LogP contribution in [0.2, 0.25) is 0 Å². The number of rotatable bonds is 5. The van der Waals surface area contributed by atoms with Crippen LogP contribution in [0.5, 0.6) is 0 Å². The van der Waals surface area contributed by atoms with Gasteiger partial charge in [-0.25, -0.2) is 0 Å². The predicted octanol–water partition coefficient (Wildman–Crippen LogP) is 2.71. The molecule has 0 bridgehead atoms. The van der Waals surface area contributed by atoms with Gasteiger partial charge in [-0.2, -0.15) is 0 Å². The molecule has 1 unspecified atom stereocenters. The van der Waals surface area contributed by atoms with Crippen molar-refractivity contribution in [2.24, 2.45) is 0 Å². The van der Waals surface area contributed by atoms with Crippen LogP contribution in [-0.4, -0.2) is 42.9 Å². The Bertz CT molecular complexity index is 537. The number of thiophene rings is 1. The summed E-state index contributed by atoms with van der Waals surface area (Å²) in [5.41, 5.74) is 0.0778. The number of ether oxygens (including phenoxy) is 1. The molecule has 1 saturated heterocycles. The highest BCUT2D eigenvalue weighted by molar-refractivity contribution is 7.10. The van der Waals surface area contributed by atoms with E-state index in [4.69, 9.17) is 4.74 Å². The summed E-state index contributed by atoms with van der Waals surface area (Å²) in [6.07, 6.45) is 0.706. The zero-order valence-corrected chi connectivity index (χ0v) is 12.9. The lowest BCUT2D eigenvalue weighted by Crippen LogP contribution is -2.40. The molecule has 4 heteroatoms. The zero-order valence-electron chi connectivity index (χ0n) is 12.1. The van der Waals surface area contributed by atoms with Gasteiger partial charge in [-0.05, 0) is 23.4 Å². The van der Waals surface area contributed by atoms with E-state index in [1.807, 2.05) is 47.8 Å². The maximum Gasteiger partial charge on any atom is 0.125 e. The average molecular weight is 303 g/mol. The first-order valence-electron chi connectivity index (χ1n) is 7.41. The summed E-state index contributed by atoms with van der Waals surface area (Å²) in [6, 6.07) is 14.0. The van der Waals surface area contributed by atoms with E-state index in [9.17, 15) is 5.11 Å². The molecule has 2 heterocycles. The number of aliphatic hydroxyl groups is 1. The third-order valence-electron chi connectivity index (χ3n) is 4.07. The van der Waals surface area contributed by atoms with Gasteiger partial charge in [0, 0.05) is 24.5 Å². The Morgan fingerprint density at radius 2 is 1.86 bits per heavy atom. The second kappa shape index (κ2) is 6.71. The average Bonchev–Trinajstić information content (AvgIpc) is 3.09.